The van der Waals surface area contributed by atoms with Gasteiger partial charge in [0.2, 0.25) is 0 Å². The normalized spacial score (nSPS) is 13.1. The van der Waals surface area contributed by atoms with Gasteiger partial charge < -0.3 is 9.67 Å². The monoisotopic (exact) mass is 431 g/mol. The Balaban J connectivity index is 1.50. The van der Waals surface area contributed by atoms with E-state index in [9.17, 15) is 14.4 Å². The molecule has 0 saturated heterocycles. The molecule has 31 heavy (non-hydrogen) atoms. The number of hydrogen-bond donors (Lipinski definition) is 1. The van der Waals surface area contributed by atoms with Gasteiger partial charge in [-0.1, -0.05) is 35.6 Å². The van der Waals surface area contributed by atoms with E-state index in [1.54, 1.807) is 28.5 Å². The van der Waals surface area contributed by atoms with Crippen molar-refractivity contribution in [3.63, 3.8) is 0 Å². The summed E-state index contributed by atoms with van der Waals surface area (Å²) in [5.41, 5.74) is 3.43. The minimum Gasteiger partial charge on any atom is -0.478 e. The van der Waals surface area contributed by atoms with Crippen molar-refractivity contribution >= 4 is 38.6 Å². The minimum absolute atomic E-state index is 0.165. The number of hydrogen-bond acceptors (Lipinski definition) is 5. The van der Waals surface area contributed by atoms with E-state index in [0.29, 0.717) is 28.5 Å². The molecule has 0 saturated carbocycles. The third-order valence-corrected chi connectivity index (χ3v) is 6.55. The maximum absolute atomic E-state index is 13.2. The zero-order chi connectivity index (χ0) is 21.7. The Morgan fingerprint density at radius 1 is 1.13 bits per heavy atom. The van der Waals surface area contributed by atoms with Crippen LogP contribution in [0.15, 0.2) is 59.4 Å². The number of pyridine rings is 1. The number of aromatic nitrogens is 2. The number of aromatic carboxylic acids is 1. The smallest absolute Gasteiger partial charge is 0.335 e. The van der Waals surface area contributed by atoms with Gasteiger partial charge in [-0.15, -0.1) is 0 Å². The number of benzene rings is 2. The molecule has 0 unspecified atom stereocenters. The SMILES string of the molecule is Cc1c2c(cc(=O)n1Cc1ccc(C(=O)O)cc1)CN(c1nc3ccccc3s1)C2=O. The fraction of sp³-hybridized carbons (Fsp3) is 0.130. The molecular formula is C23H17N3O4S. The molecule has 154 valence electrons. The fourth-order valence-corrected chi connectivity index (χ4v) is 4.85. The maximum Gasteiger partial charge on any atom is 0.335 e. The number of nitrogens with zero attached hydrogens (tertiary/aromatic N) is 3. The number of amides is 1. The molecule has 0 radical (unpaired) electrons. The lowest BCUT2D eigenvalue weighted by Crippen LogP contribution is -2.26. The molecule has 0 fully saturated rings. The van der Waals surface area contributed by atoms with Crippen LogP contribution in [0.3, 0.4) is 0 Å². The molecule has 4 aromatic rings. The Morgan fingerprint density at radius 2 is 1.87 bits per heavy atom. The average molecular weight is 431 g/mol. The van der Waals surface area contributed by atoms with E-state index in [-0.39, 0.29) is 23.6 Å². The highest BCUT2D eigenvalue weighted by Crippen LogP contribution is 2.34. The van der Waals surface area contributed by atoms with E-state index in [0.717, 1.165) is 15.8 Å². The van der Waals surface area contributed by atoms with Gasteiger partial charge in [0.1, 0.15) is 0 Å². The van der Waals surface area contributed by atoms with E-state index < -0.39 is 5.97 Å². The topological polar surface area (TPSA) is 92.5 Å². The lowest BCUT2D eigenvalue weighted by molar-refractivity contribution is 0.0696. The first-order chi connectivity index (χ1) is 14.9. The predicted octanol–water partition coefficient (Wildman–Crippen LogP) is 3.67. The van der Waals surface area contributed by atoms with E-state index >= 15 is 0 Å². The highest BCUT2D eigenvalue weighted by atomic mass is 32.1. The molecule has 3 heterocycles. The Hall–Kier alpha value is -3.78. The number of carbonyl (C=O) groups is 2. The highest BCUT2D eigenvalue weighted by molar-refractivity contribution is 7.22. The van der Waals surface area contributed by atoms with Crippen LogP contribution in [-0.2, 0) is 13.1 Å². The van der Waals surface area contributed by atoms with Gasteiger partial charge in [-0.05, 0) is 42.3 Å². The van der Waals surface area contributed by atoms with Crippen LogP contribution in [-0.4, -0.2) is 26.5 Å². The summed E-state index contributed by atoms with van der Waals surface area (Å²) in [6, 6.07) is 15.6. The zero-order valence-corrected chi connectivity index (χ0v) is 17.3. The Kier molecular flexibility index (Phi) is 4.44. The molecule has 1 aliphatic heterocycles. The van der Waals surface area contributed by atoms with Gasteiger partial charge in [-0.2, -0.15) is 0 Å². The third-order valence-electron chi connectivity index (χ3n) is 5.49. The average Bonchev–Trinajstić information content (AvgIpc) is 3.32. The van der Waals surface area contributed by atoms with Crippen LogP contribution in [0.5, 0.6) is 0 Å². The first-order valence-electron chi connectivity index (χ1n) is 9.65. The molecule has 2 aromatic heterocycles. The Morgan fingerprint density at radius 3 is 2.58 bits per heavy atom. The van der Waals surface area contributed by atoms with Gasteiger partial charge in [-0.3, -0.25) is 14.5 Å². The lowest BCUT2D eigenvalue weighted by atomic mass is 10.1. The molecule has 1 amide bonds. The van der Waals surface area contributed by atoms with Crippen LogP contribution in [0.4, 0.5) is 5.13 Å². The molecule has 1 N–H and O–H groups in total. The zero-order valence-electron chi connectivity index (χ0n) is 16.5. The van der Waals surface area contributed by atoms with Crippen LogP contribution in [0.25, 0.3) is 10.2 Å². The molecule has 0 atom stereocenters. The fourth-order valence-electron chi connectivity index (χ4n) is 3.89. The number of carboxylic acid groups (broad SMARTS) is 1. The molecule has 1 aliphatic rings. The van der Waals surface area contributed by atoms with Gasteiger partial charge >= 0.3 is 5.97 Å². The molecule has 7 nitrogen and oxygen atoms in total. The summed E-state index contributed by atoms with van der Waals surface area (Å²) in [6.07, 6.45) is 0. The number of carbonyl (C=O) groups excluding carboxylic acids is 1. The summed E-state index contributed by atoms with van der Waals surface area (Å²) in [4.78, 5) is 43.3. The number of rotatable bonds is 4. The minimum atomic E-state index is -1.00. The Bertz CT molecular complexity index is 1390. The van der Waals surface area contributed by atoms with Crippen molar-refractivity contribution in [3.8, 4) is 0 Å². The second kappa shape index (κ2) is 7.17. The van der Waals surface area contributed by atoms with Crippen LogP contribution in [0.1, 0.15) is 37.5 Å². The first kappa shape index (κ1) is 19.2. The van der Waals surface area contributed by atoms with E-state index in [1.807, 2.05) is 24.3 Å². The summed E-state index contributed by atoms with van der Waals surface area (Å²) in [5.74, 6) is -1.17. The van der Waals surface area contributed by atoms with Gasteiger partial charge in [0.05, 0.1) is 34.4 Å². The van der Waals surface area contributed by atoms with Crippen molar-refractivity contribution in [1.82, 2.24) is 9.55 Å². The number of fused-ring (bicyclic) bond motifs is 2. The highest BCUT2D eigenvalue weighted by Gasteiger charge is 2.33. The van der Waals surface area contributed by atoms with Crippen molar-refractivity contribution in [1.29, 1.82) is 0 Å². The maximum atomic E-state index is 13.2. The van der Waals surface area contributed by atoms with Crippen molar-refractivity contribution < 1.29 is 14.7 Å². The van der Waals surface area contributed by atoms with E-state index in [1.165, 1.54) is 29.5 Å². The number of carboxylic acids is 1. The number of para-hydroxylation sites is 1. The van der Waals surface area contributed by atoms with Crippen LogP contribution in [0, 0.1) is 6.92 Å². The molecular weight excluding hydrogens is 414 g/mol. The van der Waals surface area contributed by atoms with E-state index in [2.05, 4.69) is 4.98 Å². The molecule has 0 aliphatic carbocycles. The second-order valence-electron chi connectivity index (χ2n) is 7.41. The quantitative estimate of drug-likeness (QED) is 0.532. The number of thiazole rings is 1. The van der Waals surface area contributed by atoms with Crippen molar-refractivity contribution in [2.75, 3.05) is 4.90 Å². The molecule has 5 rings (SSSR count). The van der Waals surface area contributed by atoms with Crippen molar-refractivity contribution in [2.45, 2.75) is 20.0 Å². The van der Waals surface area contributed by atoms with Crippen LogP contribution < -0.4 is 10.5 Å². The summed E-state index contributed by atoms with van der Waals surface area (Å²) in [7, 11) is 0. The summed E-state index contributed by atoms with van der Waals surface area (Å²) >= 11 is 1.45. The Labute approximate surface area is 180 Å². The first-order valence-corrected chi connectivity index (χ1v) is 10.5. The molecule has 0 bridgehead atoms. The molecule has 8 heteroatoms. The van der Waals surface area contributed by atoms with Gasteiger partial charge in [-0.25, -0.2) is 9.78 Å². The van der Waals surface area contributed by atoms with Crippen LogP contribution >= 0.6 is 11.3 Å². The van der Waals surface area contributed by atoms with E-state index in [4.69, 9.17) is 5.11 Å². The summed E-state index contributed by atoms with van der Waals surface area (Å²) < 4.78 is 2.55. The second-order valence-corrected chi connectivity index (χ2v) is 8.42. The standard InChI is InChI=1S/C23H17N3O4S/c1-13-20-16(10-19(27)25(13)11-14-6-8-15(9-7-14)22(29)30)12-26(21(20)28)23-24-17-4-2-3-5-18(17)31-23/h2-10H,11-12H2,1H3,(H,29,30). The van der Waals surface area contributed by atoms with Crippen molar-refractivity contribution in [2.24, 2.45) is 0 Å². The molecule has 0 spiro atoms. The summed E-state index contributed by atoms with van der Waals surface area (Å²) in [5, 5.41) is 9.67. The summed E-state index contributed by atoms with van der Waals surface area (Å²) in [6.45, 7) is 2.34. The van der Waals surface area contributed by atoms with Gasteiger partial charge in [0.15, 0.2) is 5.13 Å². The van der Waals surface area contributed by atoms with Gasteiger partial charge in [0.25, 0.3) is 11.5 Å². The van der Waals surface area contributed by atoms with Gasteiger partial charge in [0, 0.05) is 11.8 Å². The van der Waals surface area contributed by atoms with Crippen LogP contribution in [0.2, 0.25) is 0 Å². The predicted molar refractivity (Wildman–Crippen MR) is 118 cm³/mol. The molecule has 2 aromatic carbocycles. The third kappa shape index (κ3) is 3.21. The number of anilines is 1. The van der Waals surface area contributed by atoms with Crippen molar-refractivity contribution in [3.05, 3.63) is 92.9 Å². The largest absolute Gasteiger partial charge is 0.478 e. The lowest BCUT2D eigenvalue weighted by Gasteiger charge is -2.13.